The summed E-state index contributed by atoms with van der Waals surface area (Å²) < 4.78 is 18.5. The number of rotatable bonds is 8. The summed E-state index contributed by atoms with van der Waals surface area (Å²) in [5, 5.41) is 11.9. The van der Waals surface area contributed by atoms with E-state index in [4.69, 9.17) is 9.84 Å². The van der Waals surface area contributed by atoms with E-state index >= 15 is 0 Å². The van der Waals surface area contributed by atoms with Crippen molar-refractivity contribution in [1.82, 2.24) is 5.32 Å². The molecule has 0 saturated heterocycles. The van der Waals surface area contributed by atoms with Crippen LogP contribution in [0.1, 0.15) is 36.0 Å². The van der Waals surface area contributed by atoms with Gasteiger partial charge in [0.05, 0.1) is 13.2 Å². The fraction of sp³-hybridized carbons (Fsp3) is 0.467. The highest BCUT2D eigenvalue weighted by atomic mass is 19.1. The molecule has 2 N–H and O–H groups in total. The molecule has 114 valence electrons. The van der Waals surface area contributed by atoms with Gasteiger partial charge in [0.2, 0.25) is 0 Å². The molecule has 1 aliphatic carbocycles. The van der Waals surface area contributed by atoms with E-state index in [2.05, 4.69) is 5.32 Å². The number of Topliss-reactive ketones (excluding diaryl/α,β-unsaturated/α-hetero) is 1. The number of nitrogens with one attached hydrogen (secondary N) is 1. The van der Waals surface area contributed by atoms with Crippen molar-refractivity contribution in [3.05, 3.63) is 29.6 Å². The Morgan fingerprint density at radius 1 is 1.48 bits per heavy atom. The van der Waals surface area contributed by atoms with Gasteiger partial charge < -0.3 is 15.2 Å². The second kappa shape index (κ2) is 6.67. The normalized spacial score (nSPS) is 15.5. The van der Waals surface area contributed by atoms with Crippen molar-refractivity contribution in [3.8, 4) is 5.75 Å². The van der Waals surface area contributed by atoms with Crippen molar-refractivity contribution in [3.63, 3.8) is 0 Å². The number of hydrogen-bond donors (Lipinski definition) is 2. The minimum atomic E-state index is -0.952. The van der Waals surface area contributed by atoms with Crippen molar-refractivity contribution in [2.45, 2.75) is 37.8 Å². The number of aliphatic carboxylic acids is 1. The largest absolute Gasteiger partial charge is 0.494 e. The van der Waals surface area contributed by atoms with Crippen molar-refractivity contribution in [2.75, 3.05) is 7.11 Å². The Morgan fingerprint density at radius 3 is 2.71 bits per heavy atom. The van der Waals surface area contributed by atoms with Gasteiger partial charge in [0.1, 0.15) is 0 Å². The summed E-state index contributed by atoms with van der Waals surface area (Å²) >= 11 is 0. The van der Waals surface area contributed by atoms with Gasteiger partial charge in [0.15, 0.2) is 17.3 Å². The van der Waals surface area contributed by atoms with Crippen LogP contribution in [0.2, 0.25) is 0 Å². The van der Waals surface area contributed by atoms with Gasteiger partial charge in [0, 0.05) is 18.0 Å². The maximum atomic E-state index is 13.7. The first kappa shape index (κ1) is 15.4. The lowest BCUT2D eigenvalue weighted by molar-refractivity contribution is -0.137. The summed E-state index contributed by atoms with van der Waals surface area (Å²) in [5.74, 6) is -1.77. The molecule has 0 amide bonds. The van der Waals surface area contributed by atoms with Crippen molar-refractivity contribution < 1.29 is 23.8 Å². The first-order valence-corrected chi connectivity index (χ1v) is 6.87. The number of carboxylic acid groups (broad SMARTS) is 1. The third kappa shape index (κ3) is 4.26. The molecule has 1 aliphatic rings. The first-order chi connectivity index (χ1) is 10.0. The Morgan fingerprint density at radius 2 is 2.19 bits per heavy atom. The number of carbonyl (C=O) groups excluding carboxylic acids is 1. The van der Waals surface area contributed by atoms with Crippen LogP contribution in [0.25, 0.3) is 0 Å². The molecule has 1 atom stereocenters. The molecule has 1 fully saturated rings. The first-order valence-electron chi connectivity index (χ1n) is 6.87. The van der Waals surface area contributed by atoms with Crippen LogP contribution in [-0.4, -0.2) is 36.1 Å². The molecule has 1 aromatic rings. The Labute approximate surface area is 122 Å². The summed E-state index contributed by atoms with van der Waals surface area (Å²) in [6, 6.07) is 3.68. The number of carbonyl (C=O) groups is 2. The van der Waals surface area contributed by atoms with Gasteiger partial charge in [-0.3, -0.25) is 9.59 Å². The van der Waals surface area contributed by atoms with Gasteiger partial charge in [-0.05, 0) is 37.5 Å². The number of ether oxygens (including phenoxy) is 1. The van der Waals surface area contributed by atoms with E-state index in [1.807, 2.05) is 0 Å². The zero-order chi connectivity index (χ0) is 15.4. The zero-order valence-corrected chi connectivity index (χ0v) is 11.8. The second-order valence-corrected chi connectivity index (χ2v) is 5.14. The average molecular weight is 295 g/mol. The molecule has 1 aromatic carbocycles. The van der Waals surface area contributed by atoms with Gasteiger partial charge >= 0.3 is 5.97 Å². The van der Waals surface area contributed by atoms with E-state index in [1.165, 1.54) is 19.2 Å². The lowest BCUT2D eigenvalue weighted by atomic mass is 9.99. The zero-order valence-electron chi connectivity index (χ0n) is 11.8. The van der Waals surface area contributed by atoms with Gasteiger partial charge in [0.25, 0.3) is 0 Å². The van der Waals surface area contributed by atoms with Crippen LogP contribution in [-0.2, 0) is 4.79 Å². The van der Waals surface area contributed by atoms with E-state index in [0.717, 1.165) is 18.9 Å². The molecule has 0 aromatic heterocycles. The predicted octanol–water partition coefficient (Wildman–Crippen LogP) is 2.00. The van der Waals surface area contributed by atoms with Crippen LogP contribution in [0.15, 0.2) is 18.2 Å². The van der Waals surface area contributed by atoms with Crippen molar-refractivity contribution in [2.24, 2.45) is 0 Å². The Hall–Kier alpha value is -1.95. The molecule has 0 aliphatic heterocycles. The summed E-state index contributed by atoms with van der Waals surface area (Å²) in [4.78, 5) is 23.1. The molecule has 21 heavy (non-hydrogen) atoms. The molecular formula is C15H18FNO4. The molecule has 0 radical (unpaired) electrons. The maximum Gasteiger partial charge on any atom is 0.303 e. The maximum absolute atomic E-state index is 13.7. The number of ketones is 1. The Balaban J connectivity index is 2.11. The highest BCUT2D eigenvalue weighted by Gasteiger charge is 2.29. The van der Waals surface area contributed by atoms with E-state index in [1.54, 1.807) is 0 Å². The number of hydrogen-bond acceptors (Lipinski definition) is 4. The van der Waals surface area contributed by atoms with Gasteiger partial charge in [-0.15, -0.1) is 0 Å². The fourth-order valence-electron chi connectivity index (χ4n) is 2.11. The van der Waals surface area contributed by atoms with Gasteiger partial charge in [-0.1, -0.05) is 0 Å². The van der Waals surface area contributed by atoms with E-state index in [9.17, 15) is 14.0 Å². The fourth-order valence-corrected chi connectivity index (χ4v) is 2.11. The second-order valence-electron chi connectivity index (χ2n) is 5.14. The quantitative estimate of drug-likeness (QED) is 0.717. The molecular weight excluding hydrogens is 277 g/mol. The monoisotopic (exact) mass is 295 g/mol. The number of benzene rings is 1. The minimum Gasteiger partial charge on any atom is -0.494 e. The average Bonchev–Trinajstić information content (AvgIpc) is 3.26. The van der Waals surface area contributed by atoms with Crippen molar-refractivity contribution in [1.29, 1.82) is 0 Å². The standard InChI is InChI=1S/C15H18FNO4/c1-21-13-6-2-9(8-11(13)16)15(20)12(5-7-14(18)19)17-10-3-4-10/h2,6,8,10,12,17H,3-5,7H2,1H3,(H,18,19). The van der Waals surface area contributed by atoms with Crippen molar-refractivity contribution >= 4 is 11.8 Å². The third-order valence-electron chi connectivity index (χ3n) is 3.41. The highest BCUT2D eigenvalue weighted by Crippen LogP contribution is 2.23. The number of halogens is 1. The highest BCUT2D eigenvalue weighted by molar-refractivity contribution is 6.00. The smallest absolute Gasteiger partial charge is 0.303 e. The Kier molecular flexibility index (Phi) is 4.90. The molecule has 1 saturated carbocycles. The van der Waals surface area contributed by atoms with Crippen LogP contribution in [0.3, 0.4) is 0 Å². The SMILES string of the molecule is COc1ccc(C(=O)C(CCC(=O)O)NC2CC2)cc1F. The lowest BCUT2D eigenvalue weighted by Crippen LogP contribution is -2.38. The van der Waals surface area contributed by atoms with Crippen LogP contribution >= 0.6 is 0 Å². The van der Waals surface area contributed by atoms with E-state index in [0.29, 0.717) is 0 Å². The van der Waals surface area contributed by atoms with Crippen LogP contribution in [0, 0.1) is 5.82 Å². The van der Waals surface area contributed by atoms with Gasteiger partial charge in [-0.25, -0.2) is 4.39 Å². The molecule has 0 spiro atoms. The molecule has 0 bridgehead atoms. The van der Waals surface area contributed by atoms with Crippen LogP contribution < -0.4 is 10.1 Å². The summed E-state index contributed by atoms with van der Waals surface area (Å²) in [5.41, 5.74) is 0.219. The molecule has 6 heteroatoms. The molecule has 0 heterocycles. The van der Waals surface area contributed by atoms with E-state index in [-0.39, 0.29) is 36.0 Å². The van der Waals surface area contributed by atoms with Crippen LogP contribution in [0.4, 0.5) is 4.39 Å². The summed E-state index contributed by atoms with van der Waals surface area (Å²) in [6.45, 7) is 0. The number of methoxy groups -OCH3 is 1. The molecule has 2 rings (SSSR count). The van der Waals surface area contributed by atoms with Crippen LogP contribution in [0.5, 0.6) is 5.75 Å². The van der Waals surface area contributed by atoms with E-state index < -0.39 is 17.8 Å². The molecule has 1 unspecified atom stereocenters. The minimum absolute atomic E-state index is 0.0730. The molecule has 5 nitrogen and oxygen atoms in total. The predicted molar refractivity (Wildman–Crippen MR) is 74.1 cm³/mol. The number of carboxylic acids is 1. The van der Waals surface area contributed by atoms with Gasteiger partial charge in [-0.2, -0.15) is 0 Å². The third-order valence-corrected chi connectivity index (χ3v) is 3.41. The summed E-state index contributed by atoms with van der Waals surface area (Å²) in [6.07, 6.45) is 2.05. The summed E-state index contributed by atoms with van der Waals surface area (Å²) in [7, 11) is 1.35. The topological polar surface area (TPSA) is 75.6 Å². The Bertz CT molecular complexity index is 542. The lowest BCUT2D eigenvalue weighted by Gasteiger charge is -2.17.